The van der Waals surface area contributed by atoms with E-state index in [0.29, 0.717) is 0 Å². The van der Waals surface area contributed by atoms with E-state index in [1.807, 2.05) is 0 Å². The molecule has 0 aliphatic heterocycles. The lowest BCUT2D eigenvalue weighted by Crippen LogP contribution is -2.30. The maximum absolute atomic E-state index is 2.37. The Bertz CT molecular complexity index is 1550. The quantitative estimate of drug-likeness (QED) is 0.285. The number of rotatable bonds is 2. The Morgan fingerprint density at radius 1 is 0.645 bits per heavy atom. The minimum atomic E-state index is 1.19. The van der Waals surface area contributed by atoms with E-state index in [4.69, 9.17) is 0 Å². The molecule has 0 saturated carbocycles. The molecule has 0 radical (unpaired) electrons. The molecule has 0 atom stereocenters. The van der Waals surface area contributed by atoms with Crippen molar-refractivity contribution in [1.29, 1.82) is 0 Å². The third-order valence-electron chi connectivity index (χ3n) is 6.33. The lowest BCUT2D eigenvalue weighted by molar-refractivity contribution is -0.659. The fourth-order valence-corrected chi connectivity index (χ4v) is 4.80. The molecule has 0 aliphatic carbocycles. The second kappa shape index (κ2) is 6.82. The van der Waals surface area contributed by atoms with Crippen LogP contribution >= 0.6 is 0 Å². The molecule has 0 saturated heterocycles. The first-order valence-electron chi connectivity index (χ1n) is 10.7. The third kappa shape index (κ3) is 2.76. The predicted octanol–water partition coefficient (Wildman–Crippen LogP) is 6.74. The van der Waals surface area contributed by atoms with Gasteiger partial charge in [-0.05, 0) is 48.2 Å². The molecule has 0 aliphatic rings. The van der Waals surface area contributed by atoms with Gasteiger partial charge in [0.1, 0.15) is 7.05 Å². The van der Waals surface area contributed by atoms with Crippen LogP contribution in [0.15, 0.2) is 103 Å². The van der Waals surface area contributed by atoms with Gasteiger partial charge in [0.15, 0.2) is 6.20 Å². The lowest BCUT2D eigenvalue weighted by atomic mass is 10.0. The summed E-state index contributed by atoms with van der Waals surface area (Å²) in [5.41, 5.74) is 7.47. The van der Waals surface area contributed by atoms with Gasteiger partial charge < -0.3 is 4.57 Å². The molecule has 2 heteroatoms. The summed E-state index contributed by atoms with van der Waals surface area (Å²) in [6.45, 7) is 2.17. The summed E-state index contributed by atoms with van der Waals surface area (Å²) >= 11 is 0. The van der Waals surface area contributed by atoms with Crippen LogP contribution in [0.1, 0.15) is 5.56 Å². The van der Waals surface area contributed by atoms with Crippen molar-refractivity contribution in [3.05, 3.63) is 109 Å². The number of benzene rings is 4. The highest BCUT2D eigenvalue weighted by atomic mass is 15.0. The molecule has 0 amide bonds. The Morgan fingerprint density at radius 2 is 1.29 bits per heavy atom. The van der Waals surface area contributed by atoms with E-state index in [9.17, 15) is 0 Å². The largest absolute Gasteiger partial charge is 0.309 e. The maximum Gasteiger partial charge on any atom is 0.213 e. The van der Waals surface area contributed by atoms with Gasteiger partial charge in [-0.25, -0.2) is 4.57 Å². The zero-order chi connectivity index (χ0) is 20.9. The van der Waals surface area contributed by atoms with E-state index in [0.717, 1.165) is 0 Å². The van der Waals surface area contributed by atoms with Gasteiger partial charge in [0, 0.05) is 33.5 Å². The van der Waals surface area contributed by atoms with Crippen molar-refractivity contribution in [1.82, 2.24) is 4.57 Å². The van der Waals surface area contributed by atoms with Crippen LogP contribution in [0.3, 0.4) is 0 Å². The number of fused-ring (bicyclic) bond motifs is 4. The molecular weight excluding hydrogens is 376 g/mol. The fourth-order valence-electron chi connectivity index (χ4n) is 4.80. The summed E-state index contributed by atoms with van der Waals surface area (Å²) in [5, 5.41) is 5.07. The first-order valence-corrected chi connectivity index (χ1v) is 10.7. The van der Waals surface area contributed by atoms with Crippen molar-refractivity contribution < 1.29 is 4.57 Å². The number of nitrogens with zero attached hydrogens (tertiary/aromatic N) is 2. The minimum Gasteiger partial charge on any atom is -0.309 e. The molecule has 0 fully saturated rings. The van der Waals surface area contributed by atoms with E-state index in [1.165, 1.54) is 55.1 Å². The molecule has 31 heavy (non-hydrogen) atoms. The first kappa shape index (κ1) is 17.9. The van der Waals surface area contributed by atoms with Gasteiger partial charge in [-0.2, -0.15) is 0 Å². The predicted molar refractivity (Wildman–Crippen MR) is 130 cm³/mol. The highest BCUT2D eigenvalue weighted by molar-refractivity contribution is 6.09. The lowest BCUT2D eigenvalue weighted by Gasteiger charge is -2.10. The molecule has 2 heterocycles. The van der Waals surface area contributed by atoms with Crippen LogP contribution in [0.25, 0.3) is 49.5 Å². The zero-order valence-electron chi connectivity index (χ0n) is 17.7. The van der Waals surface area contributed by atoms with E-state index in [2.05, 4.69) is 126 Å². The Hall–Kier alpha value is -3.91. The normalized spacial score (nSPS) is 11.5. The molecule has 0 bridgehead atoms. The van der Waals surface area contributed by atoms with Crippen molar-refractivity contribution in [2.45, 2.75) is 6.92 Å². The summed E-state index contributed by atoms with van der Waals surface area (Å²) < 4.78 is 4.61. The van der Waals surface area contributed by atoms with Crippen LogP contribution in [0.5, 0.6) is 0 Å². The summed E-state index contributed by atoms with van der Waals surface area (Å²) in [7, 11) is 2.13. The molecule has 2 nitrogen and oxygen atoms in total. The number of hydrogen-bond donors (Lipinski definition) is 0. The zero-order valence-corrected chi connectivity index (χ0v) is 17.7. The fraction of sp³-hybridized carbons (Fsp3) is 0.0690. The SMILES string of the molecule is Cc1ccccc1-c1cc2ccc(-n3c4ccccc4c4ccccc43)cc2c[n+]1C. The topological polar surface area (TPSA) is 8.81 Å². The van der Waals surface area contributed by atoms with Gasteiger partial charge in [0.2, 0.25) is 5.69 Å². The number of para-hydroxylation sites is 2. The van der Waals surface area contributed by atoms with Crippen LogP contribution in [0, 0.1) is 6.92 Å². The average Bonchev–Trinajstić information content (AvgIpc) is 3.13. The monoisotopic (exact) mass is 399 g/mol. The molecule has 0 spiro atoms. The van der Waals surface area contributed by atoms with Crippen molar-refractivity contribution in [2.75, 3.05) is 0 Å². The van der Waals surface area contributed by atoms with Crippen LogP contribution < -0.4 is 4.57 Å². The van der Waals surface area contributed by atoms with E-state index >= 15 is 0 Å². The molecule has 6 aromatic rings. The van der Waals surface area contributed by atoms with Gasteiger partial charge in [-0.3, -0.25) is 0 Å². The van der Waals surface area contributed by atoms with Crippen LogP contribution in [-0.4, -0.2) is 4.57 Å². The molecule has 2 aromatic heterocycles. The highest BCUT2D eigenvalue weighted by Gasteiger charge is 2.16. The Labute approximate surface area is 181 Å². The number of hydrogen-bond acceptors (Lipinski definition) is 0. The summed E-state index contributed by atoms with van der Waals surface area (Å²) in [6.07, 6.45) is 2.24. The second-order valence-electron chi connectivity index (χ2n) is 8.27. The van der Waals surface area contributed by atoms with Gasteiger partial charge in [0.05, 0.1) is 11.0 Å². The Balaban J connectivity index is 1.59. The second-order valence-corrected chi connectivity index (χ2v) is 8.27. The molecular formula is C29H23N2+. The van der Waals surface area contributed by atoms with E-state index < -0.39 is 0 Å². The summed E-state index contributed by atoms with van der Waals surface area (Å²) in [5.74, 6) is 0. The first-order chi connectivity index (χ1) is 15.2. The van der Waals surface area contributed by atoms with Crippen molar-refractivity contribution in [3.63, 3.8) is 0 Å². The highest BCUT2D eigenvalue weighted by Crippen LogP contribution is 2.33. The summed E-state index contributed by atoms with van der Waals surface area (Å²) in [4.78, 5) is 0. The summed E-state index contributed by atoms with van der Waals surface area (Å²) in [6, 6.07) is 35.0. The standard InChI is InChI=1S/C29H23N2/c1-20-9-3-4-10-24(20)29-18-21-15-16-23(17-22(21)19-30(29)2)31-27-13-7-5-11-25(27)26-12-6-8-14-28(26)31/h3-19H,1-2H3/q+1. The average molecular weight is 400 g/mol. The van der Waals surface area contributed by atoms with Gasteiger partial charge in [-0.15, -0.1) is 0 Å². The van der Waals surface area contributed by atoms with Crippen molar-refractivity contribution >= 4 is 32.6 Å². The molecule has 6 rings (SSSR count). The number of pyridine rings is 1. The van der Waals surface area contributed by atoms with Crippen LogP contribution in [-0.2, 0) is 7.05 Å². The number of aryl methyl sites for hydroxylation is 2. The van der Waals surface area contributed by atoms with E-state index in [1.54, 1.807) is 0 Å². The van der Waals surface area contributed by atoms with Gasteiger partial charge in [0.25, 0.3) is 0 Å². The Kier molecular flexibility index (Phi) is 3.94. The smallest absolute Gasteiger partial charge is 0.213 e. The Morgan fingerprint density at radius 3 is 2.00 bits per heavy atom. The molecule has 148 valence electrons. The maximum atomic E-state index is 2.37. The number of aromatic nitrogens is 2. The van der Waals surface area contributed by atoms with Crippen LogP contribution in [0.2, 0.25) is 0 Å². The van der Waals surface area contributed by atoms with Crippen molar-refractivity contribution in [3.8, 4) is 16.9 Å². The van der Waals surface area contributed by atoms with Gasteiger partial charge in [-0.1, -0.05) is 60.7 Å². The van der Waals surface area contributed by atoms with E-state index in [-0.39, 0.29) is 0 Å². The van der Waals surface area contributed by atoms with Gasteiger partial charge >= 0.3 is 0 Å². The minimum absolute atomic E-state index is 1.19. The molecule has 0 unspecified atom stereocenters. The molecule has 4 aromatic carbocycles. The van der Waals surface area contributed by atoms with Crippen molar-refractivity contribution in [2.24, 2.45) is 7.05 Å². The molecule has 0 N–H and O–H groups in total. The van der Waals surface area contributed by atoms with Crippen LogP contribution in [0.4, 0.5) is 0 Å². The third-order valence-corrected chi connectivity index (χ3v) is 6.33.